The average Bonchev–Trinajstić information content (AvgIpc) is 1.60. The lowest BCUT2D eigenvalue weighted by Crippen LogP contribution is -1.93. The molecule has 3 nitrogen and oxygen atoms in total. The summed E-state index contributed by atoms with van der Waals surface area (Å²) >= 11 is 10.8. The molecule has 0 atom stereocenters. The second kappa shape index (κ2) is 28.8. The smallest absolute Gasteiger partial charge is 0.0541 e. The fraction of sp³-hybridized carbons (Fsp3) is 0. The fourth-order valence-electron chi connectivity index (χ4n) is 15.3. The molecule has 0 amide bonds. The van der Waals surface area contributed by atoms with Crippen molar-refractivity contribution in [1.82, 2.24) is 13.7 Å². The van der Waals surface area contributed by atoms with E-state index >= 15 is 0 Å². The van der Waals surface area contributed by atoms with Crippen molar-refractivity contribution >= 4 is 124 Å². The maximum absolute atomic E-state index is 3.61. The van der Waals surface area contributed by atoms with E-state index in [9.17, 15) is 0 Å². The molecule has 3 aromatic heterocycles. The summed E-state index contributed by atoms with van der Waals surface area (Å²) in [5.74, 6) is 0. The third-order valence-electron chi connectivity index (χ3n) is 20.3. The Labute approximate surface area is 641 Å². The minimum atomic E-state index is 1.09. The van der Waals surface area contributed by atoms with E-state index in [0.29, 0.717) is 0 Å². The van der Waals surface area contributed by atoms with Crippen molar-refractivity contribution in [2.24, 2.45) is 0 Å². The largest absolute Gasteiger partial charge is 0.309 e. The van der Waals surface area contributed by atoms with Crippen LogP contribution in [-0.2, 0) is 0 Å². The number of rotatable bonds is 10. The number of hydrogen-bond acceptors (Lipinski definition) is 0. The normalized spacial score (nSPS) is 11.3. The lowest BCUT2D eigenvalue weighted by molar-refractivity contribution is 1.18. The van der Waals surface area contributed by atoms with E-state index < -0.39 is 0 Å². The van der Waals surface area contributed by atoms with Gasteiger partial charge in [-0.3, -0.25) is 0 Å². The molecule has 20 rings (SSSR count). The molecule has 0 unspecified atom stereocenters. The zero-order chi connectivity index (χ0) is 71.0. The molecule has 0 spiro atoms. The van der Waals surface area contributed by atoms with E-state index in [1.165, 1.54) is 171 Å². The number of hydrogen-bond donors (Lipinski definition) is 0. The van der Waals surface area contributed by atoms with Gasteiger partial charge in [-0.05, 0) is 234 Å². The van der Waals surface area contributed by atoms with Crippen LogP contribution in [-0.4, -0.2) is 13.7 Å². The van der Waals surface area contributed by atoms with Crippen molar-refractivity contribution in [1.29, 1.82) is 0 Å². The van der Waals surface area contributed by atoms with Crippen molar-refractivity contribution in [3.63, 3.8) is 0 Å². The molecule has 0 aliphatic rings. The Bertz CT molecular complexity index is 6680. The van der Waals surface area contributed by atoms with E-state index in [0.717, 1.165) is 13.4 Å². The maximum Gasteiger partial charge on any atom is 0.0541 e. The molecule has 0 fully saturated rings. The Balaban J connectivity index is 0.000000113. The first-order chi connectivity index (χ1) is 52.3. The molecule has 0 aliphatic carbocycles. The monoisotopic (exact) mass is 1550 g/mol. The van der Waals surface area contributed by atoms with Gasteiger partial charge in [-0.2, -0.15) is 0 Å². The van der Waals surface area contributed by atoms with E-state index in [-0.39, 0.29) is 0 Å². The van der Waals surface area contributed by atoms with Crippen LogP contribution < -0.4 is 0 Å². The lowest BCUT2D eigenvalue weighted by atomic mass is 9.98. The van der Waals surface area contributed by atoms with Gasteiger partial charge < -0.3 is 13.7 Å². The van der Waals surface area contributed by atoms with Gasteiger partial charge in [0, 0.05) is 62.8 Å². The Hall–Kier alpha value is -12.2. The summed E-state index contributed by atoms with van der Waals surface area (Å²) in [5, 5.41) is 10.1. The minimum absolute atomic E-state index is 1.09. The Morgan fingerprint density at radius 2 is 0.406 bits per heavy atom. The second-order valence-corrected chi connectivity index (χ2v) is 29.6. The van der Waals surface area contributed by atoms with Crippen LogP contribution >= 0.6 is 47.8 Å². The molecule has 0 saturated carbocycles. The van der Waals surface area contributed by atoms with Crippen LogP contribution in [0, 0.1) is 0 Å². The molecular formula is C100H66Br3N3. The van der Waals surface area contributed by atoms with Gasteiger partial charge in [0.05, 0.1) is 33.1 Å². The Morgan fingerprint density at radius 1 is 0.142 bits per heavy atom. The second-order valence-electron chi connectivity index (χ2n) is 26.8. The van der Waals surface area contributed by atoms with Crippen LogP contribution in [0.4, 0.5) is 0 Å². The van der Waals surface area contributed by atoms with Gasteiger partial charge in [-0.25, -0.2) is 0 Å². The first-order valence-electron chi connectivity index (χ1n) is 35.7. The van der Waals surface area contributed by atoms with E-state index in [1.807, 2.05) is 0 Å². The molecule has 3 heterocycles. The molecule has 0 radical (unpaired) electrons. The van der Waals surface area contributed by atoms with Gasteiger partial charge >= 0.3 is 0 Å². The molecule has 20 aromatic rings. The summed E-state index contributed by atoms with van der Waals surface area (Å²) in [7, 11) is 0. The standard InChI is InChI=1S/C36H24BrN.C34H22BrN.C30H20BrN/c37-31-13-7-12-29(23-31)27-10-6-11-28(22-27)30-18-21-36-34(24-30)33-14-4-5-15-35(33)38(36)32-19-16-26(17-20-32)25-8-2-1-3-9-25;35-29-12-6-11-26(20-29)24-9-5-10-25(19-24)28-16-18-34-32(22-28)31-13-3-4-14-33(31)36(34)30-17-15-23-7-1-2-8-27(23)21-30;31-25-11-7-10-23(19-25)21-8-6-9-22(18-21)24-16-17-30-28(20-24)27-14-4-5-15-29(27)32(30)26-12-2-1-3-13-26/h1-24H;1-22H;1-20H. The highest BCUT2D eigenvalue weighted by molar-refractivity contribution is 9.11. The SMILES string of the molecule is Brc1cccc(-c2cccc(-c3ccc4c(c3)c3ccccc3n4-c3ccc(-c4ccccc4)cc3)c2)c1.Brc1cccc(-c2cccc(-c3ccc4c(c3)c3ccccc3n4-c3ccc4ccccc4c3)c2)c1.Brc1cccc(-c2cccc(-c3ccc4c(c3)c3ccccc3n4-c3ccccc3)c2)c1. The van der Waals surface area contributed by atoms with Crippen molar-refractivity contribution in [2.45, 2.75) is 0 Å². The van der Waals surface area contributed by atoms with Gasteiger partial charge in [0.25, 0.3) is 0 Å². The topological polar surface area (TPSA) is 14.8 Å². The van der Waals surface area contributed by atoms with Crippen LogP contribution in [0.15, 0.2) is 414 Å². The quantitative estimate of drug-likeness (QED) is 0.130. The predicted molar refractivity (Wildman–Crippen MR) is 461 cm³/mol. The molecule has 106 heavy (non-hydrogen) atoms. The third kappa shape index (κ3) is 13.0. The van der Waals surface area contributed by atoms with Crippen LogP contribution in [0.3, 0.4) is 0 Å². The summed E-state index contributed by atoms with van der Waals surface area (Å²) in [4.78, 5) is 0. The average molecular weight is 1550 g/mol. The number of fused-ring (bicyclic) bond motifs is 10. The molecule has 0 aliphatic heterocycles. The lowest BCUT2D eigenvalue weighted by Gasteiger charge is -2.10. The van der Waals surface area contributed by atoms with Crippen LogP contribution in [0.1, 0.15) is 0 Å². The predicted octanol–water partition coefficient (Wildman–Crippen LogP) is 29.5. The summed E-state index contributed by atoms with van der Waals surface area (Å²) in [6.45, 7) is 0. The molecule has 17 aromatic carbocycles. The van der Waals surface area contributed by atoms with Gasteiger partial charge in [0.15, 0.2) is 0 Å². The number of para-hydroxylation sites is 4. The molecule has 502 valence electrons. The highest BCUT2D eigenvalue weighted by atomic mass is 79.9. The molecule has 0 bridgehead atoms. The minimum Gasteiger partial charge on any atom is -0.309 e. The van der Waals surface area contributed by atoms with Crippen LogP contribution in [0.5, 0.6) is 0 Å². The number of aromatic nitrogens is 3. The van der Waals surface area contributed by atoms with E-state index in [4.69, 9.17) is 0 Å². The first-order valence-corrected chi connectivity index (χ1v) is 38.0. The highest BCUT2D eigenvalue weighted by Crippen LogP contribution is 2.41. The molecule has 0 N–H and O–H groups in total. The third-order valence-corrected chi connectivity index (χ3v) is 21.8. The summed E-state index contributed by atoms with van der Waals surface area (Å²) in [5.41, 5.74) is 27.9. The Morgan fingerprint density at radius 3 is 0.802 bits per heavy atom. The van der Waals surface area contributed by atoms with Crippen molar-refractivity contribution in [2.75, 3.05) is 0 Å². The number of nitrogens with zero attached hydrogens (tertiary/aromatic N) is 3. The maximum atomic E-state index is 3.61. The van der Waals surface area contributed by atoms with E-state index in [2.05, 4.69) is 462 Å². The number of halogens is 3. The summed E-state index contributed by atoms with van der Waals surface area (Å²) in [6, 6.07) is 144. The van der Waals surface area contributed by atoms with Gasteiger partial charge in [-0.1, -0.05) is 303 Å². The first kappa shape index (κ1) is 65.8. The summed E-state index contributed by atoms with van der Waals surface area (Å²) < 4.78 is 10.4. The molecule has 0 saturated heterocycles. The zero-order valence-corrected chi connectivity index (χ0v) is 62.3. The molecular weight excluding hydrogens is 1480 g/mol. The van der Waals surface area contributed by atoms with Gasteiger partial charge in [0.2, 0.25) is 0 Å². The van der Waals surface area contributed by atoms with Crippen molar-refractivity contribution in [3.05, 3.63) is 414 Å². The highest BCUT2D eigenvalue weighted by Gasteiger charge is 2.18. The van der Waals surface area contributed by atoms with Crippen LogP contribution in [0.25, 0.3) is 171 Å². The fourth-order valence-corrected chi connectivity index (χ4v) is 16.5. The summed E-state index contributed by atoms with van der Waals surface area (Å²) in [6.07, 6.45) is 0. The van der Waals surface area contributed by atoms with Crippen molar-refractivity contribution in [3.8, 4) is 95.0 Å². The van der Waals surface area contributed by atoms with Gasteiger partial charge in [0.1, 0.15) is 0 Å². The van der Waals surface area contributed by atoms with E-state index in [1.54, 1.807) is 0 Å². The Kier molecular flexibility index (Phi) is 17.9. The number of benzene rings is 17. The van der Waals surface area contributed by atoms with Crippen molar-refractivity contribution < 1.29 is 0 Å². The molecule has 6 heteroatoms. The zero-order valence-electron chi connectivity index (χ0n) is 57.6. The van der Waals surface area contributed by atoms with Crippen LogP contribution in [0.2, 0.25) is 0 Å². The van der Waals surface area contributed by atoms with Gasteiger partial charge in [-0.15, -0.1) is 0 Å².